The highest BCUT2D eigenvalue weighted by Gasteiger charge is 2.32. The van der Waals surface area contributed by atoms with E-state index in [1.165, 1.54) is 17.1 Å². The second-order valence-corrected chi connectivity index (χ2v) is 4.92. The Hall–Kier alpha value is -2.70. The molecule has 1 fully saturated rings. The fourth-order valence-electron chi connectivity index (χ4n) is 2.56. The van der Waals surface area contributed by atoms with Crippen LogP contribution in [-0.4, -0.2) is 27.2 Å². The van der Waals surface area contributed by atoms with Crippen LogP contribution in [0.5, 0.6) is 0 Å². The summed E-state index contributed by atoms with van der Waals surface area (Å²) in [5.41, 5.74) is 0.744. The van der Waals surface area contributed by atoms with Gasteiger partial charge in [0.05, 0.1) is 4.92 Å². The lowest BCUT2D eigenvalue weighted by molar-refractivity contribution is -0.385. The Bertz CT molecular complexity index is 668. The number of hydrogen-bond acceptors (Lipinski definition) is 4. The Morgan fingerprint density at radius 2 is 2.05 bits per heavy atom. The highest BCUT2D eigenvalue weighted by atomic mass is 16.6. The average molecular weight is 286 g/mol. The van der Waals surface area contributed by atoms with E-state index in [2.05, 4.69) is 5.10 Å². The van der Waals surface area contributed by atoms with E-state index in [9.17, 15) is 14.9 Å². The summed E-state index contributed by atoms with van der Waals surface area (Å²) in [6.45, 7) is 0.655. The third-order valence-electron chi connectivity index (χ3n) is 3.60. The molecule has 1 atom stereocenters. The second-order valence-electron chi connectivity index (χ2n) is 4.92. The van der Waals surface area contributed by atoms with Crippen molar-refractivity contribution in [1.29, 1.82) is 0 Å². The first-order valence-corrected chi connectivity index (χ1v) is 6.72. The van der Waals surface area contributed by atoms with Crippen LogP contribution in [0.4, 0.5) is 11.4 Å². The van der Waals surface area contributed by atoms with E-state index >= 15 is 0 Å². The van der Waals surface area contributed by atoms with Gasteiger partial charge in [0.1, 0.15) is 18.4 Å². The fraction of sp³-hybridized carbons (Fsp3) is 0.286. The summed E-state index contributed by atoms with van der Waals surface area (Å²) in [7, 11) is 0. The first kappa shape index (κ1) is 13.3. The van der Waals surface area contributed by atoms with E-state index in [0.717, 1.165) is 12.1 Å². The smallest absolute Gasteiger partial charge is 0.307 e. The van der Waals surface area contributed by atoms with Crippen LogP contribution in [0.2, 0.25) is 0 Å². The molecule has 2 aromatic rings. The lowest BCUT2D eigenvalue weighted by atomic mass is 10.0. The van der Waals surface area contributed by atoms with Gasteiger partial charge in [-0.15, -0.1) is 0 Å². The van der Waals surface area contributed by atoms with Crippen LogP contribution in [0, 0.1) is 10.1 Å². The summed E-state index contributed by atoms with van der Waals surface area (Å²) in [6, 6.07) is 8.94. The topological polar surface area (TPSA) is 81.3 Å². The van der Waals surface area contributed by atoms with Gasteiger partial charge in [0.15, 0.2) is 0 Å². The summed E-state index contributed by atoms with van der Waals surface area (Å²) < 4.78 is 1.40. The molecule has 0 saturated carbocycles. The van der Waals surface area contributed by atoms with Gasteiger partial charge in [0, 0.05) is 12.2 Å². The molecule has 2 heterocycles. The van der Waals surface area contributed by atoms with E-state index in [-0.39, 0.29) is 11.6 Å². The first-order valence-electron chi connectivity index (χ1n) is 6.72. The van der Waals surface area contributed by atoms with Gasteiger partial charge in [0.2, 0.25) is 0 Å². The SMILES string of the molecule is O=C1C(n2cc([N+](=O)[O-])cn2)CCCN1c1ccccc1. The zero-order valence-corrected chi connectivity index (χ0v) is 11.3. The molecule has 1 unspecified atom stereocenters. The van der Waals surface area contributed by atoms with Crippen molar-refractivity contribution in [2.24, 2.45) is 0 Å². The summed E-state index contributed by atoms with van der Waals surface area (Å²) in [5.74, 6) is -0.0783. The van der Waals surface area contributed by atoms with Crippen LogP contribution < -0.4 is 4.90 Å². The van der Waals surface area contributed by atoms with Gasteiger partial charge in [-0.05, 0) is 25.0 Å². The summed E-state index contributed by atoms with van der Waals surface area (Å²) in [6.07, 6.45) is 3.96. The molecule has 1 aromatic heterocycles. The van der Waals surface area contributed by atoms with E-state index in [0.29, 0.717) is 13.0 Å². The number of nitro groups is 1. The number of amides is 1. The Balaban J connectivity index is 1.86. The van der Waals surface area contributed by atoms with Crippen molar-refractivity contribution in [1.82, 2.24) is 9.78 Å². The largest absolute Gasteiger partial charge is 0.311 e. The molecule has 7 nitrogen and oxygen atoms in total. The molecule has 0 bridgehead atoms. The minimum atomic E-state index is -0.508. The van der Waals surface area contributed by atoms with Gasteiger partial charge in [-0.2, -0.15) is 5.10 Å². The number of carbonyl (C=O) groups is 1. The lowest BCUT2D eigenvalue weighted by Gasteiger charge is -2.32. The molecule has 0 aliphatic carbocycles. The molecule has 0 radical (unpaired) electrons. The van der Waals surface area contributed by atoms with Crippen LogP contribution in [0.3, 0.4) is 0 Å². The first-order chi connectivity index (χ1) is 10.2. The van der Waals surface area contributed by atoms with Crippen LogP contribution in [-0.2, 0) is 4.79 Å². The quantitative estimate of drug-likeness (QED) is 0.639. The maximum atomic E-state index is 12.6. The van der Waals surface area contributed by atoms with Crippen molar-refractivity contribution < 1.29 is 9.72 Å². The minimum Gasteiger partial charge on any atom is -0.311 e. The van der Waals surface area contributed by atoms with E-state index < -0.39 is 11.0 Å². The zero-order chi connectivity index (χ0) is 14.8. The maximum Gasteiger partial charge on any atom is 0.307 e. The van der Waals surface area contributed by atoms with Crippen molar-refractivity contribution in [3.8, 4) is 0 Å². The molecule has 0 spiro atoms. The number of carbonyl (C=O) groups excluding carboxylic acids is 1. The Morgan fingerprint density at radius 3 is 2.71 bits per heavy atom. The lowest BCUT2D eigenvalue weighted by Crippen LogP contribution is -2.42. The minimum absolute atomic E-state index is 0.0783. The van der Waals surface area contributed by atoms with E-state index in [1.54, 1.807) is 4.90 Å². The predicted octanol–water partition coefficient (Wildman–Crippen LogP) is 2.16. The normalized spacial score (nSPS) is 18.8. The molecule has 21 heavy (non-hydrogen) atoms. The number of nitrogens with zero attached hydrogens (tertiary/aromatic N) is 4. The predicted molar refractivity (Wildman–Crippen MR) is 75.9 cm³/mol. The fourth-order valence-corrected chi connectivity index (χ4v) is 2.56. The summed E-state index contributed by atoms with van der Waals surface area (Å²) in [4.78, 5) is 24.5. The number of anilines is 1. The van der Waals surface area contributed by atoms with E-state index in [4.69, 9.17) is 0 Å². The number of para-hydroxylation sites is 1. The van der Waals surface area contributed by atoms with Gasteiger partial charge >= 0.3 is 5.69 Å². The average Bonchev–Trinajstić information content (AvgIpc) is 2.98. The molecule has 1 saturated heterocycles. The molecule has 0 N–H and O–H groups in total. The molecule has 108 valence electrons. The number of benzene rings is 1. The van der Waals surface area contributed by atoms with Gasteiger partial charge in [-0.25, -0.2) is 0 Å². The zero-order valence-electron chi connectivity index (χ0n) is 11.3. The van der Waals surface area contributed by atoms with Crippen molar-refractivity contribution in [3.63, 3.8) is 0 Å². The third kappa shape index (κ3) is 2.49. The highest BCUT2D eigenvalue weighted by molar-refractivity contribution is 5.96. The Labute approximate surface area is 120 Å². The van der Waals surface area contributed by atoms with Gasteiger partial charge in [0.25, 0.3) is 5.91 Å². The molecule has 1 amide bonds. The van der Waals surface area contributed by atoms with Crippen LogP contribution in [0.15, 0.2) is 42.7 Å². The van der Waals surface area contributed by atoms with Crippen molar-refractivity contribution in [3.05, 3.63) is 52.8 Å². The van der Waals surface area contributed by atoms with Gasteiger partial charge < -0.3 is 4.90 Å². The summed E-state index contributed by atoms with van der Waals surface area (Å²) >= 11 is 0. The molecule has 1 aliphatic heterocycles. The van der Waals surface area contributed by atoms with Crippen LogP contribution in [0.25, 0.3) is 0 Å². The van der Waals surface area contributed by atoms with Crippen LogP contribution in [0.1, 0.15) is 18.9 Å². The maximum absolute atomic E-state index is 12.6. The molecule has 7 heteroatoms. The van der Waals surface area contributed by atoms with Crippen molar-refractivity contribution >= 4 is 17.3 Å². The highest BCUT2D eigenvalue weighted by Crippen LogP contribution is 2.27. The van der Waals surface area contributed by atoms with Gasteiger partial charge in [-0.3, -0.25) is 19.6 Å². The molecule has 1 aliphatic rings. The molecule has 3 rings (SSSR count). The number of piperidine rings is 1. The van der Waals surface area contributed by atoms with Crippen molar-refractivity contribution in [2.45, 2.75) is 18.9 Å². The van der Waals surface area contributed by atoms with Crippen LogP contribution >= 0.6 is 0 Å². The number of aromatic nitrogens is 2. The molecular weight excluding hydrogens is 272 g/mol. The third-order valence-corrected chi connectivity index (χ3v) is 3.60. The van der Waals surface area contributed by atoms with Gasteiger partial charge in [-0.1, -0.05) is 18.2 Å². The van der Waals surface area contributed by atoms with Crippen molar-refractivity contribution in [2.75, 3.05) is 11.4 Å². The molecule has 1 aromatic carbocycles. The Kier molecular flexibility index (Phi) is 3.39. The number of hydrogen-bond donors (Lipinski definition) is 0. The number of rotatable bonds is 3. The Morgan fingerprint density at radius 1 is 1.29 bits per heavy atom. The molecular formula is C14H14N4O3. The second kappa shape index (κ2) is 5.35. The summed E-state index contributed by atoms with van der Waals surface area (Å²) in [5, 5.41) is 14.7. The monoisotopic (exact) mass is 286 g/mol. The standard InChI is InChI=1S/C14H14N4O3/c19-14-13(17-10-12(9-15-17)18(20)21)7-4-8-16(14)11-5-2-1-3-6-11/h1-3,5-6,9-10,13H,4,7-8H2. The van der Waals surface area contributed by atoms with E-state index in [1.807, 2.05) is 30.3 Å².